The van der Waals surface area contributed by atoms with Gasteiger partial charge in [-0.05, 0) is 25.8 Å². The summed E-state index contributed by atoms with van der Waals surface area (Å²) in [6, 6.07) is 5.30. The molecule has 3 heterocycles. The van der Waals surface area contributed by atoms with Crippen LogP contribution in [0, 0.1) is 0 Å². The van der Waals surface area contributed by atoms with Crippen molar-refractivity contribution < 1.29 is 4.79 Å². The van der Waals surface area contributed by atoms with Crippen LogP contribution in [0.1, 0.15) is 36.5 Å². The summed E-state index contributed by atoms with van der Waals surface area (Å²) in [5, 5.41) is 7.97. The summed E-state index contributed by atoms with van der Waals surface area (Å²) in [7, 11) is 0. The molecule has 0 bridgehead atoms. The van der Waals surface area contributed by atoms with E-state index in [-0.39, 0.29) is 17.7 Å². The van der Waals surface area contributed by atoms with Gasteiger partial charge in [0, 0.05) is 24.2 Å². The number of nitrogens with two attached hydrogens (primary N) is 1. The molecule has 0 amide bonds. The van der Waals surface area contributed by atoms with E-state index in [9.17, 15) is 4.79 Å². The van der Waals surface area contributed by atoms with Gasteiger partial charge in [-0.25, -0.2) is 4.99 Å². The molecule has 0 unspecified atom stereocenters. The lowest BCUT2D eigenvalue weighted by atomic mass is 9.90. The number of H-pyrrole nitrogens is 1. The van der Waals surface area contributed by atoms with E-state index in [1.54, 1.807) is 18.2 Å². The van der Waals surface area contributed by atoms with Crippen LogP contribution in [-0.2, 0) is 0 Å². The van der Waals surface area contributed by atoms with Crippen LogP contribution in [0.5, 0.6) is 0 Å². The van der Waals surface area contributed by atoms with E-state index in [1.807, 2.05) is 0 Å². The summed E-state index contributed by atoms with van der Waals surface area (Å²) in [6.07, 6.45) is 1.99. The molecule has 2 aliphatic rings. The minimum absolute atomic E-state index is 0.0223. The van der Waals surface area contributed by atoms with Crippen molar-refractivity contribution in [2.45, 2.75) is 31.7 Å². The van der Waals surface area contributed by atoms with E-state index < -0.39 is 0 Å². The summed E-state index contributed by atoms with van der Waals surface area (Å²) in [6.45, 7) is 3.66. The third-order valence-corrected chi connectivity index (χ3v) is 5.89. The van der Waals surface area contributed by atoms with E-state index in [4.69, 9.17) is 28.9 Å². The van der Waals surface area contributed by atoms with Crippen molar-refractivity contribution in [3.05, 3.63) is 33.8 Å². The first kappa shape index (κ1) is 17.5. The number of rotatable bonds is 1. The Labute approximate surface area is 161 Å². The molecule has 1 aromatic heterocycles. The molecule has 1 fully saturated rings. The Hall–Kier alpha value is -1.89. The summed E-state index contributed by atoms with van der Waals surface area (Å²) >= 11 is 12.4. The number of carbonyl (C=O) groups is 1. The molecule has 4 rings (SSSR count). The number of ketones is 1. The van der Waals surface area contributed by atoms with Gasteiger partial charge in [-0.2, -0.15) is 5.10 Å². The number of nitrogens with one attached hydrogen (secondary N) is 1. The number of aromatic amines is 1. The average molecular weight is 392 g/mol. The zero-order chi connectivity index (χ0) is 18.5. The van der Waals surface area contributed by atoms with Crippen molar-refractivity contribution in [1.29, 1.82) is 0 Å². The van der Waals surface area contributed by atoms with E-state index in [0.717, 1.165) is 31.8 Å². The quantitative estimate of drug-likeness (QED) is 0.773. The van der Waals surface area contributed by atoms with Crippen LogP contribution >= 0.6 is 23.2 Å². The third kappa shape index (κ3) is 3.02. The molecule has 3 N–H and O–H groups in total. The number of aliphatic imine (C=N–C) groups is 1. The highest BCUT2D eigenvalue weighted by molar-refractivity contribution is 6.43. The number of halogens is 2. The standard InChI is InChI=1S/C18H19Cl2N5O/c1-18(21)5-7-25(8-6-18)13-9-12(26)14-16(23-24-17(14)22-13)10-3-2-4-11(19)15(10)20/h2-4H,5-9,21H2,1H3,(H,23,24). The maximum absolute atomic E-state index is 12.8. The van der Waals surface area contributed by atoms with Crippen molar-refractivity contribution in [3.63, 3.8) is 0 Å². The number of hydrogen-bond donors (Lipinski definition) is 2. The second-order valence-corrected chi connectivity index (χ2v) is 7.95. The van der Waals surface area contributed by atoms with Gasteiger partial charge in [-0.3, -0.25) is 9.89 Å². The number of likely N-dealkylation sites (tertiary alicyclic amines) is 1. The predicted octanol–water partition coefficient (Wildman–Crippen LogP) is 3.81. The lowest BCUT2D eigenvalue weighted by Gasteiger charge is -2.38. The smallest absolute Gasteiger partial charge is 0.186 e. The van der Waals surface area contributed by atoms with Crippen LogP contribution in [-0.4, -0.2) is 45.3 Å². The number of piperidine rings is 1. The number of amidine groups is 1. The van der Waals surface area contributed by atoms with E-state index >= 15 is 0 Å². The lowest BCUT2D eigenvalue weighted by Crippen LogP contribution is -2.50. The number of hydrogen-bond acceptors (Lipinski definition) is 5. The van der Waals surface area contributed by atoms with Crippen LogP contribution in [0.2, 0.25) is 10.0 Å². The van der Waals surface area contributed by atoms with E-state index in [0.29, 0.717) is 32.7 Å². The minimum atomic E-state index is -0.149. The molecule has 6 nitrogen and oxygen atoms in total. The molecule has 1 saturated heterocycles. The predicted molar refractivity (Wildman–Crippen MR) is 103 cm³/mol. The number of Topliss-reactive ketones (excluding diaryl/α,β-unsaturated/α-hetero) is 1. The molecule has 2 aliphatic heterocycles. The minimum Gasteiger partial charge on any atom is -0.359 e. The normalized spacial score (nSPS) is 19.3. The first-order valence-electron chi connectivity index (χ1n) is 8.53. The van der Waals surface area contributed by atoms with Crippen molar-refractivity contribution in [3.8, 4) is 11.3 Å². The van der Waals surface area contributed by atoms with Crippen LogP contribution < -0.4 is 5.73 Å². The highest BCUT2D eigenvalue weighted by Crippen LogP contribution is 2.39. The lowest BCUT2D eigenvalue weighted by molar-refractivity contribution is 0.0995. The summed E-state index contributed by atoms with van der Waals surface area (Å²) < 4.78 is 0. The zero-order valence-electron chi connectivity index (χ0n) is 14.4. The van der Waals surface area contributed by atoms with Gasteiger partial charge >= 0.3 is 0 Å². The molecule has 0 spiro atoms. The van der Waals surface area contributed by atoms with Gasteiger partial charge < -0.3 is 10.6 Å². The fraction of sp³-hybridized carbons (Fsp3) is 0.389. The monoisotopic (exact) mass is 391 g/mol. The van der Waals surface area contributed by atoms with Gasteiger partial charge in [0.25, 0.3) is 0 Å². The first-order chi connectivity index (χ1) is 12.4. The maximum Gasteiger partial charge on any atom is 0.186 e. The molecular weight excluding hydrogens is 373 g/mol. The zero-order valence-corrected chi connectivity index (χ0v) is 15.9. The number of fused-ring (bicyclic) bond motifs is 1. The van der Waals surface area contributed by atoms with Crippen LogP contribution in [0.3, 0.4) is 0 Å². The van der Waals surface area contributed by atoms with Crippen molar-refractivity contribution in [2.24, 2.45) is 10.7 Å². The molecule has 0 radical (unpaired) electrons. The fourth-order valence-corrected chi connectivity index (χ4v) is 3.82. The maximum atomic E-state index is 12.8. The molecule has 26 heavy (non-hydrogen) atoms. The Morgan fingerprint density at radius 1 is 1.27 bits per heavy atom. The van der Waals surface area contributed by atoms with Gasteiger partial charge in [0.15, 0.2) is 11.6 Å². The van der Waals surface area contributed by atoms with Gasteiger partial charge in [0.1, 0.15) is 5.84 Å². The van der Waals surface area contributed by atoms with Crippen LogP contribution in [0.15, 0.2) is 23.2 Å². The SMILES string of the molecule is CC1(N)CCN(C2=Nc3n[nH]c(-c4cccc(Cl)c4Cl)c3C(=O)C2)CC1. The largest absolute Gasteiger partial charge is 0.359 e. The average Bonchev–Trinajstić information content (AvgIpc) is 3.01. The van der Waals surface area contributed by atoms with Gasteiger partial charge in [0.05, 0.1) is 27.7 Å². The molecular formula is C18H19Cl2N5O. The Morgan fingerprint density at radius 3 is 2.73 bits per heavy atom. The van der Waals surface area contributed by atoms with Crippen molar-refractivity contribution >= 4 is 40.6 Å². The molecule has 0 aliphatic carbocycles. The highest BCUT2D eigenvalue weighted by Gasteiger charge is 2.33. The summed E-state index contributed by atoms with van der Waals surface area (Å²) in [4.78, 5) is 19.6. The molecule has 0 saturated carbocycles. The Bertz CT molecular complexity index is 908. The van der Waals surface area contributed by atoms with E-state index in [2.05, 4.69) is 27.0 Å². The number of nitrogens with zero attached hydrogens (tertiary/aromatic N) is 3. The molecule has 136 valence electrons. The van der Waals surface area contributed by atoms with E-state index in [1.165, 1.54) is 0 Å². The Kier molecular flexibility index (Phi) is 4.29. The van der Waals surface area contributed by atoms with Crippen molar-refractivity contribution in [1.82, 2.24) is 15.1 Å². The Morgan fingerprint density at radius 2 is 2.00 bits per heavy atom. The van der Waals surface area contributed by atoms with Gasteiger partial charge in [-0.15, -0.1) is 0 Å². The first-order valence-corrected chi connectivity index (χ1v) is 9.29. The summed E-state index contributed by atoms with van der Waals surface area (Å²) in [5.74, 6) is 1.14. The van der Waals surface area contributed by atoms with Crippen LogP contribution in [0.25, 0.3) is 11.3 Å². The number of carbonyl (C=O) groups excluding carboxylic acids is 1. The molecule has 1 aromatic carbocycles. The number of benzene rings is 1. The second kappa shape index (κ2) is 6.37. The van der Waals surface area contributed by atoms with Gasteiger partial charge in [-0.1, -0.05) is 35.3 Å². The highest BCUT2D eigenvalue weighted by atomic mass is 35.5. The fourth-order valence-electron chi connectivity index (χ4n) is 3.42. The number of aromatic nitrogens is 2. The Balaban J connectivity index is 1.69. The second-order valence-electron chi connectivity index (χ2n) is 7.17. The third-order valence-electron chi connectivity index (χ3n) is 5.07. The molecule has 8 heteroatoms. The van der Waals surface area contributed by atoms with Gasteiger partial charge in [0.2, 0.25) is 0 Å². The topological polar surface area (TPSA) is 87.4 Å². The van der Waals surface area contributed by atoms with Crippen molar-refractivity contribution in [2.75, 3.05) is 13.1 Å². The molecule has 2 aromatic rings. The summed E-state index contributed by atoms with van der Waals surface area (Å²) in [5.41, 5.74) is 7.73. The molecule has 0 atom stereocenters. The van der Waals surface area contributed by atoms with Crippen LogP contribution in [0.4, 0.5) is 5.82 Å².